The molecule has 1 aliphatic heterocycles. The van der Waals surface area contributed by atoms with Crippen LogP contribution < -0.4 is 0 Å². The van der Waals surface area contributed by atoms with Gasteiger partial charge in [-0.1, -0.05) is 53.0 Å². The number of carbonyl (C=O) groups is 1. The Labute approximate surface area is 159 Å². The van der Waals surface area contributed by atoms with Crippen LogP contribution in [-0.4, -0.2) is 41.9 Å². The largest absolute Gasteiger partial charge is 0.337 e. The normalized spacial score (nSPS) is 15.9. The molecule has 1 fully saturated rings. The Balaban J connectivity index is 1.61. The van der Waals surface area contributed by atoms with Crippen molar-refractivity contribution >= 4 is 29.1 Å². The van der Waals surface area contributed by atoms with Crippen molar-refractivity contribution in [3.8, 4) is 0 Å². The molecular formula is C20H22Cl2N2O. The summed E-state index contributed by atoms with van der Waals surface area (Å²) in [6, 6.07) is 13.7. The summed E-state index contributed by atoms with van der Waals surface area (Å²) in [4.78, 5) is 17.0. The van der Waals surface area contributed by atoms with Crippen molar-refractivity contribution in [1.82, 2.24) is 9.80 Å². The lowest BCUT2D eigenvalue weighted by Crippen LogP contribution is -2.35. The Hall–Kier alpha value is -1.55. The summed E-state index contributed by atoms with van der Waals surface area (Å²) >= 11 is 12.0. The SMILES string of the molecule is Cc1ccc(CN2CCCN(C(=O)c3ccc(Cl)c(Cl)c3)CC2)cc1. The predicted molar refractivity (Wildman–Crippen MR) is 103 cm³/mol. The standard InChI is InChI=1S/C20H22Cl2N2O/c1-15-3-5-16(6-4-15)14-23-9-2-10-24(12-11-23)20(25)17-7-8-18(21)19(22)13-17/h3-8,13H,2,9-12,14H2,1H3. The average Bonchev–Trinajstić information content (AvgIpc) is 2.84. The highest BCUT2D eigenvalue weighted by Gasteiger charge is 2.21. The van der Waals surface area contributed by atoms with Gasteiger partial charge in [0.25, 0.3) is 5.91 Å². The molecule has 2 aromatic carbocycles. The molecule has 0 bridgehead atoms. The van der Waals surface area contributed by atoms with Gasteiger partial charge in [0.1, 0.15) is 0 Å². The van der Waals surface area contributed by atoms with E-state index in [9.17, 15) is 4.79 Å². The molecule has 3 nitrogen and oxygen atoms in total. The third kappa shape index (κ3) is 4.75. The van der Waals surface area contributed by atoms with Gasteiger partial charge in [-0.25, -0.2) is 0 Å². The van der Waals surface area contributed by atoms with Gasteiger partial charge >= 0.3 is 0 Å². The molecule has 3 rings (SSSR count). The van der Waals surface area contributed by atoms with Gasteiger partial charge in [-0.15, -0.1) is 0 Å². The summed E-state index contributed by atoms with van der Waals surface area (Å²) in [5.41, 5.74) is 3.19. The summed E-state index contributed by atoms with van der Waals surface area (Å²) < 4.78 is 0. The summed E-state index contributed by atoms with van der Waals surface area (Å²) in [6.45, 7) is 6.39. The van der Waals surface area contributed by atoms with Crippen LogP contribution in [0.4, 0.5) is 0 Å². The highest BCUT2D eigenvalue weighted by Crippen LogP contribution is 2.23. The number of amides is 1. The first-order valence-corrected chi connectivity index (χ1v) is 9.31. The fourth-order valence-electron chi connectivity index (χ4n) is 3.10. The van der Waals surface area contributed by atoms with Gasteiger partial charge in [0.15, 0.2) is 0 Å². The number of nitrogens with zero attached hydrogens (tertiary/aromatic N) is 2. The molecule has 0 aliphatic carbocycles. The molecule has 0 spiro atoms. The van der Waals surface area contributed by atoms with Crippen molar-refractivity contribution in [2.24, 2.45) is 0 Å². The summed E-state index contributed by atoms with van der Waals surface area (Å²) in [5.74, 6) is 0.0238. The van der Waals surface area contributed by atoms with E-state index in [2.05, 4.69) is 36.1 Å². The van der Waals surface area contributed by atoms with Crippen LogP contribution in [0.1, 0.15) is 27.9 Å². The minimum atomic E-state index is 0.0238. The highest BCUT2D eigenvalue weighted by atomic mass is 35.5. The Morgan fingerprint density at radius 1 is 0.960 bits per heavy atom. The average molecular weight is 377 g/mol. The van der Waals surface area contributed by atoms with E-state index in [1.165, 1.54) is 11.1 Å². The maximum absolute atomic E-state index is 12.7. The lowest BCUT2D eigenvalue weighted by molar-refractivity contribution is 0.0761. The van der Waals surface area contributed by atoms with E-state index in [0.717, 1.165) is 39.1 Å². The Bertz CT molecular complexity index is 746. The molecule has 0 aromatic heterocycles. The first-order valence-electron chi connectivity index (χ1n) is 8.55. The second-order valence-electron chi connectivity index (χ2n) is 6.54. The zero-order chi connectivity index (χ0) is 17.8. The molecule has 0 unspecified atom stereocenters. The van der Waals surface area contributed by atoms with E-state index in [1.54, 1.807) is 18.2 Å². The fourth-order valence-corrected chi connectivity index (χ4v) is 3.39. The van der Waals surface area contributed by atoms with Gasteiger partial charge in [0, 0.05) is 38.3 Å². The quantitative estimate of drug-likeness (QED) is 0.778. The molecule has 0 atom stereocenters. The number of rotatable bonds is 3. The number of hydrogen-bond donors (Lipinski definition) is 0. The molecular weight excluding hydrogens is 355 g/mol. The number of carbonyl (C=O) groups excluding carboxylic acids is 1. The second kappa shape index (κ2) is 8.22. The zero-order valence-corrected chi connectivity index (χ0v) is 15.9. The van der Waals surface area contributed by atoms with E-state index < -0.39 is 0 Å². The van der Waals surface area contributed by atoms with Crippen LogP contribution in [0.15, 0.2) is 42.5 Å². The molecule has 0 radical (unpaired) electrons. The summed E-state index contributed by atoms with van der Waals surface area (Å²) in [7, 11) is 0. The fraction of sp³-hybridized carbons (Fsp3) is 0.350. The van der Waals surface area contributed by atoms with Crippen LogP contribution in [0.25, 0.3) is 0 Å². The third-order valence-corrected chi connectivity index (χ3v) is 5.31. The van der Waals surface area contributed by atoms with Crippen LogP contribution in [0, 0.1) is 6.92 Å². The molecule has 0 saturated carbocycles. The smallest absolute Gasteiger partial charge is 0.253 e. The van der Waals surface area contributed by atoms with Crippen LogP contribution in [0.2, 0.25) is 10.0 Å². The molecule has 1 heterocycles. The van der Waals surface area contributed by atoms with E-state index in [4.69, 9.17) is 23.2 Å². The maximum atomic E-state index is 12.7. The summed E-state index contributed by atoms with van der Waals surface area (Å²) in [5, 5.41) is 0.890. The maximum Gasteiger partial charge on any atom is 0.253 e. The monoisotopic (exact) mass is 376 g/mol. The lowest BCUT2D eigenvalue weighted by atomic mass is 10.1. The molecule has 2 aromatic rings. The second-order valence-corrected chi connectivity index (χ2v) is 7.35. The first kappa shape index (κ1) is 18.2. The number of halogens is 2. The van der Waals surface area contributed by atoms with Gasteiger partial charge in [-0.3, -0.25) is 9.69 Å². The van der Waals surface area contributed by atoms with E-state index in [0.29, 0.717) is 15.6 Å². The van der Waals surface area contributed by atoms with E-state index in [1.807, 2.05) is 4.90 Å². The van der Waals surface area contributed by atoms with Crippen molar-refractivity contribution in [2.45, 2.75) is 19.9 Å². The number of benzene rings is 2. The van der Waals surface area contributed by atoms with E-state index >= 15 is 0 Å². The van der Waals surface area contributed by atoms with Crippen molar-refractivity contribution in [3.63, 3.8) is 0 Å². The Morgan fingerprint density at radius 2 is 1.72 bits per heavy atom. The molecule has 0 N–H and O–H groups in total. The van der Waals surface area contributed by atoms with Gasteiger partial charge in [0.2, 0.25) is 0 Å². The lowest BCUT2D eigenvalue weighted by Gasteiger charge is -2.22. The third-order valence-electron chi connectivity index (χ3n) is 4.57. The molecule has 25 heavy (non-hydrogen) atoms. The van der Waals surface area contributed by atoms with Gasteiger partial charge < -0.3 is 4.90 Å². The first-order chi connectivity index (χ1) is 12.0. The van der Waals surface area contributed by atoms with Gasteiger partial charge in [-0.05, 0) is 37.1 Å². The van der Waals surface area contributed by atoms with Crippen LogP contribution >= 0.6 is 23.2 Å². The number of hydrogen-bond acceptors (Lipinski definition) is 2. The molecule has 1 amide bonds. The Kier molecular flexibility index (Phi) is 6.00. The topological polar surface area (TPSA) is 23.6 Å². The molecule has 5 heteroatoms. The Morgan fingerprint density at radius 3 is 2.44 bits per heavy atom. The molecule has 132 valence electrons. The van der Waals surface area contributed by atoms with Crippen molar-refractivity contribution in [2.75, 3.05) is 26.2 Å². The summed E-state index contributed by atoms with van der Waals surface area (Å²) in [6.07, 6.45) is 0.971. The minimum absolute atomic E-state index is 0.0238. The van der Waals surface area contributed by atoms with Crippen LogP contribution in [0.3, 0.4) is 0 Å². The van der Waals surface area contributed by atoms with E-state index in [-0.39, 0.29) is 5.91 Å². The highest BCUT2D eigenvalue weighted by molar-refractivity contribution is 6.42. The van der Waals surface area contributed by atoms with Crippen LogP contribution in [0.5, 0.6) is 0 Å². The van der Waals surface area contributed by atoms with Crippen molar-refractivity contribution in [3.05, 3.63) is 69.2 Å². The van der Waals surface area contributed by atoms with Crippen LogP contribution in [-0.2, 0) is 6.54 Å². The minimum Gasteiger partial charge on any atom is -0.337 e. The zero-order valence-electron chi connectivity index (χ0n) is 14.3. The molecule has 1 aliphatic rings. The van der Waals surface area contributed by atoms with Gasteiger partial charge in [0.05, 0.1) is 10.0 Å². The predicted octanol–water partition coefficient (Wildman–Crippen LogP) is 4.65. The van der Waals surface area contributed by atoms with Gasteiger partial charge in [-0.2, -0.15) is 0 Å². The number of aryl methyl sites for hydroxylation is 1. The van der Waals surface area contributed by atoms with Crippen molar-refractivity contribution < 1.29 is 4.79 Å². The van der Waals surface area contributed by atoms with Crippen molar-refractivity contribution in [1.29, 1.82) is 0 Å². The molecule has 1 saturated heterocycles.